The number of unbranched alkanes of at least 4 members (excludes halogenated alkanes) is 1. The normalized spacial score (nSPS) is 10.9. The van der Waals surface area contributed by atoms with Gasteiger partial charge in [-0.05, 0) is 24.6 Å². The predicted octanol–water partition coefficient (Wildman–Crippen LogP) is 3.68. The Balaban J connectivity index is 2.37. The number of halogens is 1. The molecule has 0 radical (unpaired) electrons. The molecule has 84 valence electrons. The first-order valence-corrected chi connectivity index (χ1v) is 5.52. The van der Waals surface area contributed by atoms with Gasteiger partial charge >= 0.3 is 0 Å². The molecule has 1 N–H and O–H groups in total. The summed E-state index contributed by atoms with van der Waals surface area (Å²) in [4.78, 5) is 14.8. The van der Waals surface area contributed by atoms with Gasteiger partial charge in [0.1, 0.15) is 5.82 Å². The molecule has 2 nitrogen and oxygen atoms in total. The Hall–Kier alpha value is -1.64. The quantitative estimate of drug-likeness (QED) is 0.782. The number of Topliss-reactive ketones (excluding diaryl/α,β-unsaturated/α-hetero) is 1. The van der Waals surface area contributed by atoms with Crippen LogP contribution in [0.2, 0.25) is 0 Å². The number of hydrogen-bond donors (Lipinski definition) is 1. The van der Waals surface area contributed by atoms with Gasteiger partial charge in [0.05, 0.1) is 0 Å². The molecule has 0 aliphatic carbocycles. The number of fused-ring (bicyclic) bond motifs is 1. The van der Waals surface area contributed by atoms with E-state index in [0.29, 0.717) is 17.4 Å². The summed E-state index contributed by atoms with van der Waals surface area (Å²) >= 11 is 0. The average Bonchev–Trinajstić information content (AvgIpc) is 2.68. The minimum atomic E-state index is -0.309. The third-order valence-electron chi connectivity index (χ3n) is 2.70. The molecule has 0 bridgehead atoms. The van der Waals surface area contributed by atoms with Crippen LogP contribution in [0.3, 0.4) is 0 Å². The van der Waals surface area contributed by atoms with E-state index in [-0.39, 0.29) is 11.6 Å². The van der Waals surface area contributed by atoms with Crippen LogP contribution in [0.5, 0.6) is 0 Å². The zero-order valence-electron chi connectivity index (χ0n) is 9.22. The van der Waals surface area contributed by atoms with Crippen LogP contribution in [-0.2, 0) is 0 Å². The Morgan fingerprint density at radius 3 is 3.00 bits per heavy atom. The highest BCUT2D eigenvalue weighted by Crippen LogP contribution is 2.21. The van der Waals surface area contributed by atoms with E-state index in [1.807, 2.05) is 6.92 Å². The summed E-state index contributed by atoms with van der Waals surface area (Å²) < 4.78 is 13.1. The lowest BCUT2D eigenvalue weighted by atomic mass is 10.0. The second-order valence-corrected chi connectivity index (χ2v) is 3.92. The highest BCUT2D eigenvalue weighted by atomic mass is 19.1. The van der Waals surface area contributed by atoms with Crippen molar-refractivity contribution in [1.29, 1.82) is 0 Å². The fourth-order valence-corrected chi connectivity index (χ4v) is 1.80. The molecule has 0 aliphatic heterocycles. The van der Waals surface area contributed by atoms with Gasteiger partial charge in [-0.15, -0.1) is 0 Å². The molecule has 0 saturated heterocycles. The van der Waals surface area contributed by atoms with E-state index < -0.39 is 0 Å². The summed E-state index contributed by atoms with van der Waals surface area (Å²) in [7, 11) is 0. The van der Waals surface area contributed by atoms with Gasteiger partial charge in [0.25, 0.3) is 0 Å². The molecule has 2 aromatic rings. The topological polar surface area (TPSA) is 32.9 Å². The highest BCUT2D eigenvalue weighted by molar-refractivity contribution is 6.07. The lowest BCUT2D eigenvalue weighted by Crippen LogP contribution is -1.97. The summed E-state index contributed by atoms with van der Waals surface area (Å²) in [5.41, 5.74) is 1.41. The van der Waals surface area contributed by atoms with E-state index in [1.54, 1.807) is 12.3 Å². The van der Waals surface area contributed by atoms with Gasteiger partial charge in [0.15, 0.2) is 5.78 Å². The minimum absolute atomic E-state index is 0.0821. The number of hydrogen-bond acceptors (Lipinski definition) is 1. The van der Waals surface area contributed by atoms with Crippen LogP contribution < -0.4 is 0 Å². The Kier molecular flexibility index (Phi) is 3.04. The second kappa shape index (κ2) is 4.47. The van der Waals surface area contributed by atoms with Gasteiger partial charge in [-0.1, -0.05) is 13.3 Å². The van der Waals surface area contributed by atoms with Crippen LogP contribution in [0.4, 0.5) is 4.39 Å². The molecule has 0 unspecified atom stereocenters. The molecule has 0 amide bonds. The van der Waals surface area contributed by atoms with Crippen LogP contribution in [0.25, 0.3) is 10.9 Å². The monoisotopic (exact) mass is 219 g/mol. The van der Waals surface area contributed by atoms with E-state index in [1.165, 1.54) is 12.1 Å². The predicted molar refractivity (Wildman–Crippen MR) is 62.1 cm³/mol. The fraction of sp³-hybridized carbons (Fsp3) is 0.308. The summed E-state index contributed by atoms with van der Waals surface area (Å²) in [6.07, 6.45) is 4.06. The van der Waals surface area contributed by atoms with Crippen molar-refractivity contribution < 1.29 is 9.18 Å². The third-order valence-corrected chi connectivity index (χ3v) is 2.70. The summed E-state index contributed by atoms with van der Waals surface area (Å²) in [6, 6.07) is 4.45. The molecule has 1 heterocycles. The van der Waals surface area contributed by atoms with Gasteiger partial charge < -0.3 is 4.98 Å². The first kappa shape index (κ1) is 10.9. The maximum Gasteiger partial charge on any atom is 0.165 e. The number of carbonyl (C=O) groups excluding carboxylic acids is 1. The van der Waals surface area contributed by atoms with Crippen LogP contribution in [-0.4, -0.2) is 10.8 Å². The molecule has 0 atom stereocenters. The van der Waals surface area contributed by atoms with Crippen molar-refractivity contribution in [2.24, 2.45) is 0 Å². The van der Waals surface area contributed by atoms with Crippen molar-refractivity contribution in [1.82, 2.24) is 4.98 Å². The van der Waals surface area contributed by atoms with Crippen molar-refractivity contribution in [3.05, 3.63) is 35.8 Å². The summed E-state index contributed by atoms with van der Waals surface area (Å²) in [6.45, 7) is 2.04. The number of carbonyl (C=O) groups is 1. The van der Waals surface area contributed by atoms with E-state index in [0.717, 1.165) is 18.4 Å². The number of rotatable bonds is 4. The van der Waals surface area contributed by atoms with E-state index >= 15 is 0 Å². The maximum atomic E-state index is 13.1. The smallest absolute Gasteiger partial charge is 0.165 e. The SMILES string of the molecule is CCCCC(=O)c1c[nH]c2ccc(F)cc12. The van der Waals surface area contributed by atoms with Crippen molar-refractivity contribution in [3.8, 4) is 0 Å². The van der Waals surface area contributed by atoms with Crippen molar-refractivity contribution >= 4 is 16.7 Å². The Morgan fingerprint density at radius 1 is 1.44 bits per heavy atom. The molecule has 2 rings (SSSR count). The first-order chi connectivity index (χ1) is 7.72. The number of nitrogens with one attached hydrogen (secondary N) is 1. The number of ketones is 1. The Morgan fingerprint density at radius 2 is 2.25 bits per heavy atom. The second-order valence-electron chi connectivity index (χ2n) is 3.92. The third kappa shape index (κ3) is 1.98. The zero-order valence-corrected chi connectivity index (χ0v) is 9.22. The van der Waals surface area contributed by atoms with Gasteiger partial charge in [-0.25, -0.2) is 4.39 Å². The van der Waals surface area contributed by atoms with Crippen LogP contribution in [0.15, 0.2) is 24.4 Å². The standard InChI is InChI=1S/C13H14FNO/c1-2-3-4-13(16)11-8-15-12-6-5-9(14)7-10(11)12/h5-8,15H,2-4H2,1H3. The molecule has 16 heavy (non-hydrogen) atoms. The van der Waals surface area contributed by atoms with Gasteiger partial charge in [-0.2, -0.15) is 0 Å². The molecular formula is C13H14FNO. The maximum absolute atomic E-state index is 13.1. The van der Waals surface area contributed by atoms with E-state index in [9.17, 15) is 9.18 Å². The van der Waals surface area contributed by atoms with Crippen LogP contribution in [0.1, 0.15) is 36.5 Å². The molecule has 3 heteroatoms. The van der Waals surface area contributed by atoms with Gasteiger partial charge in [0.2, 0.25) is 0 Å². The highest BCUT2D eigenvalue weighted by Gasteiger charge is 2.11. The van der Waals surface area contributed by atoms with Crippen LogP contribution in [0, 0.1) is 5.82 Å². The van der Waals surface area contributed by atoms with Crippen molar-refractivity contribution in [2.45, 2.75) is 26.2 Å². The minimum Gasteiger partial charge on any atom is -0.360 e. The number of H-pyrrole nitrogens is 1. The zero-order chi connectivity index (χ0) is 11.5. The van der Waals surface area contributed by atoms with Crippen LogP contribution >= 0.6 is 0 Å². The fourth-order valence-electron chi connectivity index (χ4n) is 1.80. The molecular weight excluding hydrogens is 205 g/mol. The molecule has 0 saturated carbocycles. The summed E-state index contributed by atoms with van der Waals surface area (Å²) in [5.74, 6) is -0.227. The lowest BCUT2D eigenvalue weighted by Gasteiger charge is -1.98. The molecule has 1 aromatic heterocycles. The number of benzene rings is 1. The van der Waals surface area contributed by atoms with E-state index in [2.05, 4.69) is 4.98 Å². The van der Waals surface area contributed by atoms with Gasteiger partial charge in [0, 0.05) is 29.1 Å². The largest absolute Gasteiger partial charge is 0.360 e. The molecule has 1 aromatic carbocycles. The summed E-state index contributed by atoms with van der Waals surface area (Å²) in [5, 5.41) is 0.682. The number of aromatic amines is 1. The molecule has 0 spiro atoms. The Bertz CT molecular complexity index is 516. The van der Waals surface area contributed by atoms with Crippen molar-refractivity contribution in [3.63, 3.8) is 0 Å². The molecule has 0 fully saturated rings. The van der Waals surface area contributed by atoms with Crippen molar-refractivity contribution in [2.75, 3.05) is 0 Å². The van der Waals surface area contributed by atoms with Gasteiger partial charge in [-0.3, -0.25) is 4.79 Å². The van der Waals surface area contributed by atoms with E-state index in [4.69, 9.17) is 0 Å². The lowest BCUT2D eigenvalue weighted by molar-refractivity contribution is 0.0981. The first-order valence-electron chi connectivity index (χ1n) is 5.52. The average molecular weight is 219 g/mol. The molecule has 0 aliphatic rings. The Labute approximate surface area is 93.5 Å². The number of aromatic nitrogens is 1.